The van der Waals surface area contributed by atoms with E-state index in [9.17, 15) is 61.0 Å². The number of aliphatic hydroxyl groups excluding tert-OH is 11. The predicted octanol–water partition coefficient (Wildman–Crippen LogP) is 16.2. The van der Waals surface area contributed by atoms with Crippen LogP contribution >= 0.6 is 0 Å². The Balaban J connectivity index is 1.32. The van der Waals surface area contributed by atoms with Gasteiger partial charge in [0.25, 0.3) is 0 Å². The van der Waals surface area contributed by atoms with Gasteiger partial charge in [-0.1, -0.05) is 365 Å². The van der Waals surface area contributed by atoms with Crippen LogP contribution in [0.3, 0.4) is 0 Å². The van der Waals surface area contributed by atoms with Crippen LogP contribution in [0.5, 0.6) is 0 Å². The maximum Gasteiger partial charge on any atom is 0.220 e. The second-order valence-corrected chi connectivity index (χ2v) is 31.7. The zero-order chi connectivity index (χ0) is 76.7. The Bertz CT molecular complexity index is 2050. The van der Waals surface area contributed by atoms with Crippen molar-refractivity contribution in [3.05, 3.63) is 36.5 Å². The molecule has 19 heteroatoms. The van der Waals surface area contributed by atoms with Crippen molar-refractivity contribution in [3.63, 3.8) is 0 Å². The molecule has 3 aliphatic heterocycles. The highest BCUT2D eigenvalue weighted by molar-refractivity contribution is 5.76. The molecule has 106 heavy (non-hydrogen) atoms. The summed E-state index contributed by atoms with van der Waals surface area (Å²) in [4.78, 5) is 13.5. The Hall–Kier alpha value is -1.99. The summed E-state index contributed by atoms with van der Waals surface area (Å²) in [5, 5.41) is 121. The summed E-state index contributed by atoms with van der Waals surface area (Å²) in [7, 11) is 0. The number of carbonyl (C=O) groups is 1. The topological polar surface area (TPSA) is 307 Å². The highest BCUT2D eigenvalue weighted by atomic mass is 16.8. The van der Waals surface area contributed by atoms with E-state index in [2.05, 4.69) is 43.5 Å². The quantitative estimate of drug-likeness (QED) is 0.0199. The second-order valence-electron chi connectivity index (χ2n) is 31.7. The molecule has 624 valence electrons. The third kappa shape index (κ3) is 46.3. The molecule has 17 unspecified atom stereocenters. The number of hydrogen-bond acceptors (Lipinski definition) is 18. The SMILES string of the molecule is CCCCCCCCCCCCCCC/C=C/CC/C=C/CC/C=C/C(O)C(COC1OC(CO)C(OC2OC(CO)C(OC3OC(CO)C(O)C(O)C3O)C(O)C2O)C(O)C1O)NC(=O)CCCCCCCCCCCCCCCCCCCCCCCCCCCCCCCCCCCCCCCC. The van der Waals surface area contributed by atoms with Gasteiger partial charge in [-0.05, 0) is 44.9 Å². The van der Waals surface area contributed by atoms with Gasteiger partial charge in [0.05, 0.1) is 38.6 Å². The van der Waals surface area contributed by atoms with E-state index in [1.807, 2.05) is 6.08 Å². The van der Waals surface area contributed by atoms with Crippen LogP contribution < -0.4 is 5.32 Å². The van der Waals surface area contributed by atoms with Crippen LogP contribution in [0, 0.1) is 0 Å². The smallest absolute Gasteiger partial charge is 0.220 e. The molecule has 3 heterocycles. The Morgan fingerprint density at radius 3 is 0.943 bits per heavy atom. The molecular weight excluding hydrogens is 1350 g/mol. The van der Waals surface area contributed by atoms with Crippen molar-refractivity contribution in [3.8, 4) is 0 Å². The van der Waals surface area contributed by atoms with Crippen molar-refractivity contribution in [2.75, 3.05) is 26.4 Å². The molecule has 12 N–H and O–H groups in total. The van der Waals surface area contributed by atoms with E-state index in [0.717, 1.165) is 44.9 Å². The maximum atomic E-state index is 13.5. The van der Waals surface area contributed by atoms with Gasteiger partial charge in [-0.2, -0.15) is 0 Å². The van der Waals surface area contributed by atoms with E-state index in [-0.39, 0.29) is 18.9 Å². The first-order chi connectivity index (χ1) is 51.8. The van der Waals surface area contributed by atoms with Gasteiger partial charge in [0.15, 0.2) is 18.9 Å². The summed E-state index contributed by atoms with van der Waals surface area (Å²) in [6.45, 7) is 1.77. The Morgan fingerprint density at radius 1 is 0.330 bits per heavy atom. The summed E-state index contributed by atoms with van der Waals surface area (Å²) in [6, 6.07) is -0.996. The number of rotatable bonds is 72. The molecule has 0 saturated carbocycles. The van der Waals surface area contributed by atoms with Gasteiger partial charge in [-0.15, -0.1) is 0 Å². The van der Waals surface area contributed by atoms with Gasteiger partial charge in [0.1, 0.15) is 73.2 Å². The lowest BCUT2D eigenvalue weighted by molar-refractivity contribution is -0.379. The fourth-order valence-corrected chi connectivity index (χ4v) is 15.1. The number of amides is 1. The molecule has 0 aliphatic carbocycles. The van der Waals surface area contributed by atoms with Crippen LogP contribution in [-0.2, 0) is 33.2 Å². The average Bonchev–Trinajstić information content (AvgIpc) is 0.781. The minimum absolute atomic E-state index is 0.237. The van der Waals surface area contributed by atoms with Gasteiger partial charge < -0.3 is 89.9 Å². The number of unbranched alkanes of at least 4 members (excludes halogenated alkanes) is 52. The van der Waals surface area contributed by atoms with Crippen LogP contribution in [-0.4, -0.2) is 193 Å². The number of ether oxygens (including phenoxy) is 6. The molecule has 3 aliphatic rings. The molecule has 0 aromatic carbocycles. The summed E-state index contributed by atoms with van der Waals surface area (Å²) >= 11 is 0. The highest BCUT2D eigenvalue weighted by Gasteiger charge is 2.54. The van der Waals surface area contributed by atoms with E-state index >= 15 is 0 Å². The van der Waals surface area contributed by atoms with Crippen molar-refractivity contribution < 1.29 is 89.4 Å². The number of hydrogen-bond donors (Lipinski definition) is 12. The highest BCUT2D eigenvalue weighted by Crippen LogP contribution is 2.34. The molecule has 1 amide bonds. The lowest BCUT2D eigenvalue weighted by Gasteiger charge is -2.48. The van der Waals surface area contributed by atoms with Crippen molar-refractivity contribution in [2.24, 2.45) is 0 Å². The summed E-state index contributed by atoms with van der Waals surface area (Å²) in [5.74, 6) is -0.282. The van der Waals surface area contributed by atoms with Crippen molar-refractivity contribution in [1.82, 2.24) is 5.32 Å². The third-order valence-electron chi connectivity index (χ3n) is 22.2. The van der Waals surface area contributed by atoms with Crippen LogP contribution in [0.15, 0.2) is 36.5 Å². The predicted molar refractivity (Wildman–Crippen MR) is 425 cm³/mol. The van der Waals surface area contributed by atoms with Gasteiger partial charge in [-0.3, -0.25) is 4.79 Å². The van der Waals surface area contributed by atoms with Gasteiger partial charge in [-0.25, -0.2) is 0 Å². The van der Waals surface area contributed by atoms with Crippen molar-refractivity contribution >= 4 is 5.91 Å². The van der Waals surface area contributed by atoms with E-state index in [0.29, 0.717) is 12.8 Å². The lowest BCUT2D eigenvalue weighted by atomic mass is 9.96. The Kier molecular flexibility index (Phi) is 62.5. The first-order valence-electron chi connectivity index (χ1n) is 44.2. The van der Waals surface area contributed by atoms with Gasteiger partial charge in [0.2, 0.25) is 5.91 Å². The third-order valence-corrected chi connectivity index (χ3v) is 22.2. The van der Waals surface area contributed by atoms with Crippen LogP contribution in [0.1, 0.15) is 380 Å². The van der Waals surface area contributed by atoms with Crippen LogP contribution in [0.2, 0.25) is 0 Å². The molecule has 19 nitrogen and oxygen atoms in total. The van der Waals surface area contributed by atoms with Crippen LogP contribution in [0.25, 0.3) is 0 Å². The molecule has 3 saturated heterocycles. The maximum absolute atomic E-state index is 13.5. The second kappa shape index (κ2) is 67.5. The molecular formula is C87H163NO18. The normalized spacial score (nSPS) is 25.8. The number of aliphatic hydroxyl groups is 11. The average molecular weight is 1510 g/mol. The molecule has 0 bridgehead atoms. The molecule has 17 atom stereocenters. The fraction of sp³-hybridized carbons (Fsp3) is 0.920. The number of nitrogens with one attached hydrogen (secondary N) is 1. The first-order valence-corrected chi connectivity index (χ1v) is 44.2. The zero-order valence-corrected chi connectivity index (χ0v) is 67.2. The van der Waals surface area contributed by atoms with E-state index in [1.54, 1.807) is 6.08 Å². The Morgan fingerprint density at radius 2 is 0.604 bits per heavy atom. The molecule has 3 fully saturated rings. The minimum atomic E-state index is -1.98. The van der Waals surface area contributed by atoms with Crippen molar-refractivity contribution in [2.45, 2.75) is 484 Å². The minimum Gasteiger partial charge on any atom is -0.394 e. The molecule has 0 radical (unpaired) electrons. The fourth-order valence-electron chi connectivity index (χ4n) is 15.1. The number of carbonyl (C=O) groups excluding carboxylic acids is 1. The Labute approximate surface area is 644 Å². The largest absolute Gasteiger partial charge is 0.394 e. The first kappa shape index (κ1) is 98.2. The van der Waals surface area contributed by atoms with Gasteiger partial charge in [0, 0.05) is 6.42 Å². The molecule has 0 aromatic rings. The summed E-state index contributed by atoms with van der Waals surface area (Å²) < 4.78 is 34.5. The summed E-state index contributed by atoms with van der Waals surface area (Å²) in [5.41, 5.74) is 0. The van der Waals surface area contributed by atoms with E-state index < -0.39 is 124 Å². The standard InChI is InChI=1S/C87H163NO18/c1-3-5-7-9-11-13-15-17-19-21-23-25-27-28-29-30-31-32-33-34-35-36-37-38-39-40-41-43-45-47-49-51-53-55-57-59-61-63-65-75(93)88-70(71(92)64-62-60-58-56-54-52-50-48-46-44-42-26-24-22-20-18-16-14-12-10-8-6-4-2)69-101-85-81(99)78(96)83(73(67-90)103-85)106-87-82(100)79(97)84(74(68-91)104-87)105-86-80(98)77(95)76(94)72(66-89)102-86/h46,48,54,56,62,64,70-74,76-87,89-92,94-100H,3-45,47,49-53,55,57-61,63,65-69H2,1-2H3,(H,88,93)/b48-46+,56-54+,64-62+. The lowest BCUT2D eigenvalue weighted by Crippen LogP contribution is -2.66. The molecule has 0 spiro atoms. The molecule has 3 rings (SSSR count). The van der Waals surface area contributed by atoms with Crippen LogP contribution in [0.4, 0.5) is 0 Å². The van der Waals surface area contributed by atoms with Gasteiger partial charge >= 0.3 is 0 Å². The zero-order valence-electron chi connectivity index (χ0n) is 67.2. The monoisotopic (exact) mass is 1510 g/mol. The van der Waals surface area contributed by atoms with E-state index in [4.69, 9.17) is 28.4 Å². The molecule has 0 aromatic heterocycles. The summed E-state index contributed by atoms with van der Waals surface area (Å²) in [6.07, 6.45) is 58.9. The number of allylic oxidation sites excluding steroid dienone is 5. The van der Waals surface area contributed by atoms with E-state index in [1.165, 1.54) is 302 Å². The van der Waals surface area contributed by atoms with Crippen molar-refractivity contribution in [1.29, 1.82) is 0 Å².